The van der Waals surface area contributed by atoms with Gasteiger partial charge < -0.3 is 0 Å². The number of carbonyl (C=O) groups is 1. The molecule has 1 atom stereocenters. The van der Waals surface area contributed by atoms with E-state index < -0.39 is 0 Å². The second-order valence-electron chi connectivity index (χ2n) is 6.72. The molecular weight excluding hydrogens is 184 g/mol. The van der Waals surface area contributed by atoms with Gasteiger partial charge in [0.15, 0.2) is 0 Å². The molecule has 0 radical (unpaired) electrons. The van der Waals surface area contributed by atoms with Crippen LogP contribution in [0.15, 0.2) is 0 Å². The first-order chi connectivity index (χ1) is 6.94. The van der Waals surface area contributed by atoms with Gasteiger partial charge in [0.25, 0.3) is 0 Å². The minimum atomic E-state index is 0.121. The second kappa shape index (κ2) is 3.61. The molecule has 0 bridgehead atoms. The van der Waals surface area contributed by atoms with Crippen molar-refractivity contribution >= 4 is 5.78 Å². The molecule has 2 saturated carbocycles. The van der Waals surface area contributed by atoms with Gasteiger partial charge in [0, 0.05) is 11.8 Å². The van der Waals surface area contributed by atoms with Gasteiger partial charge in [-0.2, -0.15) is 0 Å². The summed E-state index contributed by atoms with van der Waals surface area (Å²) >= 11 is 0. The molecule has 0 amide bonds. The molecule has 0 aromatic rings. The van der Waals surface area contributed by atoms with Crippen LogP contribution in [0.25, 0.3) is 0 Å². The molecule has 2 fully saturated rings. The Morgan fingerprint density at radius 1 is 1.20 bits per heavy atom. The summed E-state index contributed by atoms with van der Waals surface area (Å²) in [5.74, 6) is 1.34. The summed E-state index contributed by atoms with van der Waals surface area (Å²) < 4.78 is 0. The summed E-state index contributed by atoms with van der Waals surface area (Å²) in [6.07, 6.45) is 8.07. The molecule has 1 spiro atoms. The third kappa shape index (κ3) is 1.98. The molecule has 0 aliphatic heterocycles. The summed E-state index contributed by atoms with van der Waals surface area (Å²) in [4.78, 5) is 12.1. The maximum Gasteiger partial charge on any atom is 0.139 e. The number of hydrogen-bond acceptors (Lipinski definition) is 1. The molecule has 1 nitrogen and oxygen atoms in total. The van der Waals surface area contributed by atoms with Crippen LogP contribution in [0.4, 0.5) is 0 Å². The van der Waals surface area contributed by atoms with Gasteiger partial charge in [-0.15, -0.1) is 0 Å². The Balaban J connectivity index is 2.14. The van der Waals surface area contributed by atoms with Gasteiger partial charge in [0.2, 0.25) is 0 Å². The molecule has 2 aliphatic rings. The number of Topliss-reactive ketones (excluding diaryl/α,β-unsaturated/α-hetero) is 1. The lowest BCUT2D eigenvalue weighted by Gasteiger charge is -2.42. The fourth-order valence-corrected chi connectivity index (χ4v) is 3.53. The summed E-state index contributed by atoms with van der Waals surface area (Å²) in [6.45, 7) is 6.99. The van der Waals surface area contributed by atoms with Gasteiger partial charge in [-0.1, -0.05) is 33.6 Å². The van der Waals surface area contributed by atoms with Crippen molar-refractivity contribution in [3.8, 4) is 0 Å². The van der Waals surface area contributed by atoms with Gasteiger partial charge in [0.05, 0.1) is 0 Å². The minimum absolute atomic E-state index is 0.121. The summed E-state index contributed by atoms with van der Waals surface area (Å²) in [6, 6.07) is 0. The molecule has 2 rings (SSSR count). The molecular formula is C14H24O. The SMILES string of the molecule is CC(C)(C)C1CCC(=O)C2(CCCC2)C1. The first-order valence-electron chi connectivity index (χ1n) is 6.47. The van der Waals surface area contributed by atoms with Crippen molar-refractivity contribution in [3.63, 3.8) is 0 Å². The molecule has 1 heteroatoms. The van der Waals surface area contributed by atoms with Crippen LogP contribution in [0.2, 0.25) is 0 Å². The van der Waals surface area contributed by atoms with Crippen LogP contribution >= 0.6 is 0 Å². The first kappa shape index (κ1) is 11.2. The van der Waals surface area contributed by atoms with Crippen LogP contribution in [0.3, 0.4) is 0 Å². The lowest BCUT2D eigenvalue weighted by atomic mass is 9.61. The fourth-order valence-electron chi connectivity index (χ4n) is 3.53. The van der Waals surface area contributed by atoms with Gasteiger partial charge in [0.1, 0.15) is 5.78 Å². The van der Waals surface area contributed by atoms with E-state index in [4.69, 9.17) is 0 Å². The lowest BCUT2D eigenvalue weighted by molar-refractivity contribution is -0.134. The highest BCUT2D eigenvalue weighted by Gasteiger charge is 2.47. The first-order valence-corrected chi connectivity index (χ1v) is 6.47. The zero-order valence-electron chi connectivity index (χ0n) is 10.4. The molecule has 0 N–H and O–H groups in total. The van der Waals surface area contributed by atoms with Crippen molar-refractivity contribution in [1.82, 2.24) is 0 Å². The fraction of sp³-hybridized carbons (Fsp3) is 0.929. The molecule has 0 aromatic heterocycles. The normalized spacial score (nSPS) is 31.1. The smallest absolute Gasteiger partial charge is 0.139 e. The van der Waals surface area contributed by atoms with Gasteiger partial charge in [-0.3, -0.25) is 4.79 Å². The Morgan fingerprint density at radius 3 is 2.33 bits per heavy atom. The van der Waals surface area contributed by atoms with Crippen LogP contribution in [0.1, 0.15) is 65.7 Å². The average molecular weight is 208 g/mol. The number of carbonyl (C=O) groups excluding carboxylic acids is 1. The van der Waals surface area contributed by atoms with Crippen molar-refractivity contribution in [2.75, 3.05) is 0 Å². The van der Waals surface area contributed by atoms with Crippen LogP contribution in [-0.4, -0.2) is 5.78 Å². The molecule has 0 heterocycles. The second-order valence-corrected chi connectivity index (χ2v) is 6.72. The van der Waals surface area contributed by atoms with Crippen molar-refractivity contribution < 1.29 is 4.79 Å². The molecule has 0 saturated heterocycles. The molecule has 15 heavy (non-hydrogen) atoms. The maximum atomic E-state index is 12.1. The third-order valence-corrected chi connectivity index (χ3v) is 4.73. The van der Waals surface area contributed by atoms with E-state index in [1.54, 1.807) is 0 Å². The monoisotopic (exact) mass is 208 g/mol. The van der Waals surface area contributed by atoms with Crippen molar-refractivity contribution in [1.29, 1.82) is 0 Å². The van der Waals surface area contributed by atoms with E-state index in [9.17, 15) is 4.79 Å². The quantitative estimate of drug-likeness (QED) is 0.589. The van der Waals surface area contributed by atoms with Gasteiger partial charge in [-0.05, 0) is 37.0 Å². The van der Waals surface area contributed by atoms with E-state index in [1.165, 1.54) is 32.1 Å². The minimum Gasteiger partial charge on any atom is -0.299 e. The highest BCUT2D eigenvalue weighted by Crippen LogP contribution is 2.52. The Morgan fingerprint density at radius 2 is 1.80 bits per heavy atom. The lowest BCUT2D eigenvalue weighted by Crippen LogP contribution is -2.39. The average Bonchev–Trinajstić information content (AvgIpc) is 2.58. The predicted molar refractivity (Wildman–Crippen MR) is 62.7 cm³/mol. The van der Waals surface area contributed by atoms with Crippen LogP contribution in [-0.2, 0) is 4.79 Å². The topological polar surface area (TPSA) is 17.1 Å². The van der Waals surface area contributed by atoms with E-state index in [2.05, 4.69) is 20.8 Å². The van der Waals surface area contributed by atoms with Gasteiger partial charge >= 0.3 is 0 Å². The Kier molecular flexibility index (Phi) is 2.68. The van der Waals surface area contributed by atoms with Crippen LogP contribution in [0.5, 0.6) is 0 Å². The number of ketones is 1. The summed E-state index contributed by atoms with van der Waals surface area (Å²) in [7, 11) is 0. The zero-order chi connectivity index (χ0) is 11.1. The van der Waals surface area contributed by atoms with E-state index in [0.29, 0.717) is 11.2 Å². The molecule has 0 aromatic carbocycles. The predicted octanol–water partition coefficient (Wildman–Crippen LogP) is 3.96. The van der Waals surface area contributed by atoms with Crippen molar-refractivity contribution in [2.45, 2.75) is 65.7 Å². The zero-order valence-corrected chi connectivity index (χ0v) is 10.4. The number of hydrogen-bond donors (Lipinski definition) is 0. The molecule has 1 unspecified atom stereocenters. The largest absolute Gasteiger partial charge is 0.299 e. The van der Waals surface area contributed by atoms with Gasteiger partial charge in [-0.25, -0.2) is 0 Å². The standard InChI is InChI=1S/C14H24O/c1-13(2,3)11-6-7-12(15)14(10-11)8-4-5-9-14/h11H,4-10H2,1-3H3. The summed E-state index contributed by atoms with van der Waals surface area (Å²) in [5, 5.41) is 0. The maximum absolute atomic E-state index is 12.1. The van der Waals surface area contributed by atoms with Crippen LogP contribution in [0, 0.1) is 16.7 Å². The van der Waals surface area contributed by atoms with Crippen molar-refractivity contribution in [3.05, 3.63) is 0 Å². The van der Waals surface area contributed by atoms with Crippen molar-refractivity contribution in [2.24, 2.45) is 16.7 Å². The summed E-state index contributed by atoms with van der Waals surface area (Å²) in [5.41, 5.74) is 0.506. The van der Waals surface area contributed by atoms with Crippen LogP contribution < -0.4 is 0 Å². The highest BCUT2D eigenvalue weighted by molar-refractivity contribution is 5.85. The number of rotatable bonds is 0. The van der Waals surface area contributed by atoms with E-state index in [1.807, 2.05) is 0 Å². The van der Waals surface area contributed by atoms with E-state index in [-0.39, 0.29) is 5.41 Å². The van der Waals surface area contributed by atoms with E-state index >= 15 is 0 Å². The highest BCUT2D eigenvalue weighted by atomic mass is 16.1. The van der Waals surface area contributed by atoms with E-state index in [0.717, 1.165) is 18.8 Å². The Bertz CT molecular complexity index is 253. The Labute approximate surface area is 93.6 Å². The molecule has 86 valence electrons. The molecule has 2 aliphatic carbocycles. The third-order valence-electron chi connectivity index (χ3n) is 4.73. The Hall–Kier alpha value is -0.330.